The topological polar surface area (TPSA) is 50.7 Å². The van der Waals surface area contributed by atoms with Crippen LogP contribution in [0.4, 0.5) is 0 Å². The van der Waals surface area contributed by atoms with Gasteiger partial charge in [-0.05, 0) is 49.9 Å². The molecule has 2 rings (SSSR count). The zero-order chi connectivity index (χ0) is 12.8. The summed E-state index contributed by atoms with van der Waals surface area (Å²) in [6, 6.07) is 7.00. The number of methoxy groups -OCH3 is 1. The average Bonchev–Trinajstić information content (AvgIpc) is 2.46. The monoisotopic (exact) mass is 246 g/mol. The summed E-state index contributed by atoms with van der Waals surface area (Å²) in [4.78, 5) is 11.8. The molecule has 1 fully saturated rings. The van der Waals surface area contributed by atoms with Crippen LogP contribution in [0.5, 0.6) is 5.75 Å². The summed E-state index contributed by atoms with van der Waals surface area (Å²) in [7, 11) is 1.60. The molecular weight excluding hydrogens is 228 g/mol. The Labute approximate surface area is 107 Å². The van der Waals surface area contributed by atoms with Crippen molar-refractivity contribution in [3.8, 4) is 5.75 Å². The van der Waals surface area contributed by atoms with E-state index in [1.807, 2.05) is 0 Å². The SMILES string of the molecule is COc1ccc(C(=O)NN=C2CCCCC2)cc1. The summed E-state index contributed by atoms with van der Waals surface area (Å²) < 4.78 is 5.04. The molecule has 4 nitrogen and oxygen atoms in total. The maximum absolute atomic E-state index is 11.8. The van der Waals surface area contributed by atoms with Crippen LogP contribution < -0.4 is 10.2 Å². The third kappa shape index (κ3) is 3.32. The summed E-state index contributed by atoms with van der Waals surface area (Å²) in [5, 5.41) is 4.19. The molecule has 18 heavy (non-hydrogen) atoms. The number of carbonyl (C=O) groups excluding carboxylic acids is 1. The van der Waals surface area contributed by atoms with Gasteiger partial charge in [0.15, 0.2) is 0 Å². The van der Waals surface area contributed by atoms with Gasteiger partial charge >= 0.3 is 0 Å². The summed E-state index contributed by atoms with van der Waals surface area (Å²) >= 11 is 0. The van der Waals surface area contributed by atoms with Gasteiger partial charge in [0.1, 0.15) is 5.75 Å². The molecule has 1 aliphatic carbocycles. The highest BCUT2D eigenvalue weighted by atomic mass is 16.5. The predicted octanol–water partition coefficient (Wildman–Crippen LogP) is 2.75. The van der Waals surface area contributed by atoms with Crippen LogP contribution >= 0.6 is 0 Å². The average molecular weight is 246 g/mol. The van der Waals surface area contributed by atoms with E-state index in [2.05, 4.69) is 10.5 Å². The number of hydrazone groups is 1. The Morgan fingerprint density at radius 3 is 2.44 bits per heavy atom. The first-order chi connectivity index (χ1) is 8.79. The molecule has 1 amide bonds. The molecule has 0 saturated heterocycles. The quantitative estimate of drug-likeness (QED) is 0.834. The molecule has 0 radical (unpaired) electrons. The Balaban J connectivity index is 1.94. The largest absolute Gasteiger partial charge is 0.497 e. The van der Waals surface area contributed by atoms with E-state index < -0.39 is 0 Å². The van der Waals surface area contributed by atoms with Gasteiger partial charge < -0.3 is 4.74 Å². The second-order valence-electron chi connectivity index (χ2n) is 4.41. The number of benzene rings is 1. The highest BCUT2D eigenvalue weighted by Gasteiger charge is 2.08. The number of nitrogens with zero attached hydrogens (tertiary/aromatic N) is 1. The normalized spacial score (nSPS) is 15.1. The van der Waals surface area contributed by atoms with Gasteiger partial charge in [-0.3, -0.25) is 4.79 Å². The molecule has 1 aliphatic rings. The van der Waals surface area contributed by atoms with E-state index in [1.165, 1.54) is 19.3 Å². The summed E-state index contributed by atoms with van der Waals surface area (Å²) in [6.45, 7) is 0. The molecule has 1 N–H and O–H groups in total. The first-order valence-corrected chi connectivity index (χ1v) is 6.29. The van der Waals surface area contributed by atoms with Crippen molar-refractivity contribution >= 4 is 11.6 Å². The molecule has 0 heterocycles. The van der Waals surface area contributed by atoms with Gasteiger partial charge in [-0.15, -0.1) is 0 Å². The Bertz CT molecular complexity index is 430. The maximum Gasteiger partial charge on any atom is 0.271 e. The van der Waals surface area contributed by atoms with Gasteiger partial charge in [-0.25, -0.2) is 5.43 Å². The number of rotatable bonds is 3. The number of nitrogens with one attached hydrogen (secondary N) is 1. The van der Waals surface area contributed by atoms with Crippen LogP contribution in [0.1, 0.15) is 42.5 Å². The molecule has 0 atom stereocenters. The van der Waals surface area contributed by atoms with Crippen molar-refractivity contribution in [2.75, 3.05) is 7.11 Å². The number of carbonyl (C=O) groups is 1. The number of hydrogen-bond acceptors (Lipinski definition) is 3. The highest BCUT2D eigenvalue weighted by molar-refractivity contribution is 5.95. The van der Waals surface area contributed by atoms with Crippen LogP contribution in [0.3, 0.4) is 0 Å². The Hall–Kier alpha value is -1.84. The zero-order valence-corrected chi connectivity index (χ0v) is 10.6. The molecule has 1 aromatic carbocycles. The van der Waals surface area contributed by atoms with Gasteiger partial charge in [-0.2, -0.15) is 5.10 Å². The van der Waals surface area contributed by atoms with Gasteiger partial charge in [-0.1, -0.05) is 6.42 Å². The molecule has 0 aliphatic heterocycles. The zero-order valence-electron chi connectivity index (χ0n) is 10.6. The minimum atomic E-state index is -0.171. The van der Waals surface area contributed by atoms with Crippen molar-refractivity contribution in [3.63, 3.8) is 0 Å². The highest BCUT2D eigenvalue weighted by Crippen LogP contribution is 2.14. The lowest BCUT2D eigenvalue weighted by atomic mass is 9.99. The first kappa shape index (κ1) is 12.6. The second kappa shape index (κ2) is 6.19. The summed E-state index contributed by atoms with van der Waals surface area (Å²) in [5.74, 6) is 0.570. The first-order valence-electron chi connectivity index (χ1n) is 6.29. The van der Waals surface area contributed by atoms with Crippen molar-refractivity contribution in [1.29, 1.82) is 0 Å². The summed E-state index contributed by atoms with van der Waals surface area (Å²) in [5.41, 5.74) is 4.31. The van der Waals surface area contributed by atoms with Crippen molar-refractivity contribution < 1.29 is 9.53 Å². The fourth-order valence-corrected chi connectivity index (χ4v) is 2.01. The van der Waals surface area contributed by atoms with Crippen molar-refractivity contribution in [1.82, 2.24) is 5.43 Å². The van der Waals surface area contributed by atoms with E-state index in [1.54, 1.807) is 31.4 Å². The predicted molar refractivity (Wildman–Crippen MR) is 71.0 cm³/mol. The lowest BCUT2D eigenvalue weighted by Gasteiger charge is -2.12. The molecule has 96 valence electrons. The van der Waals surface area contributed by atoms with Crippen LogP contribution in [0.25, 0.3) is 0 Å². The van der Waals surface area contributed by atoms with Crippen molar-refractivity contribution in [3.05, 3.63) is 29.8 Å². The number of ether oxygens (including phenoxy) is 1. The standard InChI is InChI=1S/C14H18N2O2/c1-18-13-9-7-11(8-10-13)14(17)16-15-12-5-3-2-4-6-12/h7-10H,2-6H2,1H3,(H,16,17). The fourth-order valence-electron chi connectivity index (χ4n) is 2.01. The Kier molecular flexibility index (Phi) is 4.34. The van der Waals surface area contributed by atoms with E-state index in [0.717, 1.165) is 24.3 Å². The third-order valence-corrected chi connectivity index (χ3v) is 3.10. The van der Waals surface area contributed by atoms with Crippen LogP contribution in [-0.2, 0) is 0 Å². The molecule has 0 spiro atoms. The lowest BCUT2D eigenvalue weighted by molar-refractivity contribution is 0.0954. The van der Waals surface area contributed by atoms with Crippen LogP contribution in [-0.4, -0.2) is 18.7 Å². The second-order valence-corrected chi connectivity index (χ2v) is 4.41. The fraction of sp³-hybridized carbons (Fsp3) is 0.429. The van der Waals surface area contributed by atoms with E-state index in [4.69, 9.17) is 4.74 Å². The van der Waals surface area contributed by atoms with Crippen LogP contribution in [0.2, 0.25) is 0 Å². The Morgan fingerprint density at radius 1 is 1.17 bits per heavy atom. The van der Waals surface area contributed by atoms with Crippen molar-refractivity contribution in [2.45, 2.75) is 32.1 Å². The number of amides is 1. The van der Waals surface area contributed by atoms with E-state index in [0.29, 0.717) is 5.56 Å². The molecule has 1 aromatic rings. The third-order valence-electron chi connectivity index (χ3n) is 3.10. The molecule has 1 saturated carbocycles. The molecule has 0 aromatic heterocycles. The lowest BCUT2D eigenvalue weighted by Crippen LogP contribution is -2.20. The van der Waals surface area contributed by atoms with Crippen LogP contribution in [0.15, 0.2) is 29.4 Å². The van der Waals surface area contributed by atoms with E-state index in [-0.39, 0.29) is 5.91 Å². The maximum atomic E-state index is 11.8. The molecule has 0 unspecified atom stereocenters. The minimum absolute atomic E-state index is 0.171. The molecule has 4 heteroatoms. The van der Waals surface area contributed by atoms with E-state index >= 15 is 0 Å². The summed E-state index contributed by atoms with van der Waals surface area (Å²) in [6.07, 6.45) is 5.63. The molecular formula is C14H18N2O2. The van der Waals surface area contributed by atoms with E-state index in [9.17, 15) is 4.79 Å². The Morgan fingerprint density at radius 2 is 1.83 bits per heavy atom. The van der Waals surface area contributed by atoms with Gasteiger partial charge in [0.25, 0.3) is 5.91 Å². The minimum Gasteiger partial charge on any atom is -0.497 e. The van der Waals surface area contributed by atoms with Gasteiger partial charge in [0.05, 0.1) is 7.11 Å². The van der Waals surface area contributed by atoms with Crippen molar-refractivity contribution in [2.24, 2.45) is 5.10 Å². The van der Waals surface area contributed by atoms with Gasteiger partial charge in [0, 0.05) is 11.3 Å². The van der Waals surface area contributed by atoms with Gasteiger partial charge in [0.2, 0.25) is 0 Å². The molecule has 0 bridgehead atoms. The smallest absolute Gasteiger partial charge is 0.271 e. The number of hydrogen-bond donors (Lipinski definition) is 1. The van der Waals surface area contributed by atoms with Crippen LogP contribution in [0, 0.1) is 0 Å².